The van der Waals surface area contributed by atoms with Crippen LogP contribution in [0.15, 0.2) is 32.6 Å². The van der Waals surface area contributed by atoms with E-state index in [-0.39, 0.29) is 70.7 Å². The van der Waals surface area contributed by atoms with Crippen LogP contribution in [0.4, 0.5) is 0 Å². The maximum absolute atomic E-state index is 12.8. The summed E-state index contributed by atoms with van der Waals surface area (Å²) in [5, 5.41) is 21.3. The number of Topliss-reactive ketones (excluding diaryl/α,β-unsaturated/α-hetero) is 2. The summed E-state index contributed by atoms with van der Waals surface area (Å²) in [6.45, 7) is 8.63. The lowest BCUT2D eigenvalue weighted by Crippen LogP contribution is -2.29. The fraction of sp³-hybridized carbons (Fsp3) is 0.688. The Labute approximate surface area is 249 Å². The Morgan fingerprint density at radius 2 is 1.00 bits per heavy atom. The molecular weight excluding hydrogens is 540 g/mol. The molecule has 0 saturated heterocycles. The van der Waals surface area contributed by atoms with Gasteiger partial charge in [0.25, 0.3) is 0 Å². The summed E-state index contributed by atoms with van der Waals surface area (Å²) in [4.78, 5) is 58.4. The molecule has 0 unspecified atom stereocenters. The Kier molecular flexibility index (Phi) is 13.1. The minimum atomic E-state index is -0.402. The van der Waals surface area contributed by atoms with E-state index in [9.17, 15) is 29.4 Å². The number of hydrogen-bond donors (Lipinski definition) is 2. The Morgan fingerprint density at radius 3 is 1.31 bits per heavy atom. The van der Waals surface area contributed by atoms with Crippen LogP contribution in [0, 0.1) is 10.8 Å². The molecule has 2 rings (SSSR count). The highest BCUT2D eigenvalue weighted by atomic mass is 16.5. The monoisotopic (exact) mass is 588 g/mol. The summed E-state index contributed by atoms with van der Waals surface area (Å²) >= 11 is 0. The lowest BCUT2D eigenvalue weighted by Gasteiger charge is -2.30. The van der Waals surface area contributed by atoms with E-state index in [1.807, 2.05) is 27.7 Å². The number of ether oxygens (including phenoxy) is 2. The first-order valence-electron chi connectivity index (χ1n) is 14.8. The van der Waals surface area contributed by atoms with Gasteiger partial charge in [0.2, 0.25) is 0 Å². The van der Waals surface area contributed by atoms with Gasteiger partial charge in [-0.05, 0) is 23.7 Å². The number of allylic oxidation sites excluding steroid dienone is 4. The van der Waals surface area contributed by atoms with Crippen LogP contribution in [0.3, 0.4) is 0 Å². The molecular formula is C32H48N2O8. The normalized spacial score (nSPS) is 19.3. The van der Waals surface area contributed by atoms with Gasteiger partial charge in [0.15, 0.2) is 11.6 Å². The molecule has 0 spiro atoms. The van der Waals surface area contributed by atoms with Crippen LogP contribution < -0.4 is 0 Å². The maximum Gasteiger partial charge on any atom is 0.305 e. The van der Waals surface area contributed by atoms with Gasteiger partial charge in [0.05, 0.1) is 38.2 Å². The number of aliphatic hydroxyl groups is 2. The Morgan fingerprint density at radius 1 is 0.643 bits per heavy atom. The number of hydrogen-bond acceptors (Lipinski definition) is 10. The van der Waals surface area contributed by atoms with Crippen molar-refractivity contribution in [3.63, 3.8) is 0 Å². The summed E-state index contributed by atoms with van der Waals surface area (Å²) in [5.41, 5.74) is 0.736. The molecule has 2 aliphatic carbocycles. The van der Waals surface area contributed by atoms with Gasteiger partial charge in [-0.25, -0.2) is 0 Å². The van der Waals surface area contributed by atoms with Crippen molar-refractivity contribution in [2.24, 2.45) is 20.8 Å². The highest BCUT2D eigenvalue weighted by Gasteiger charge is 2.36. The first kappa shape index (κ1) is 34.9. The van der Waals surface area contributed by atoms with E-state index in [0.29, 0.717) is 50.2 Å². The second-order valence-electron chi connectivity index (χ2n) is 12.7. The SMILES string of the molecule is COC(=O)CCC(=NCCCCCCN=C(CCC(=O)OC)C1=C(O)CC(C)(C)CC1=O)C1=C(O)CC(C)(C)CC1=O. The van der Waals surface area contributed by atoms with Crippen LogP contribution in [0.5, 0.6) is 0 Å². The van der Waals surface area contributed by atoms with E-state index in [1.165, 1.54) is 14.2 Å². The third-order valence-corrected chi connectivity index (χ3v) is 7.54. The summed E-state index contributed by atoms with van der Waals surface area (Å²) < 4.78 is 9.48. The Bertz CT molecular complexity index is 1070. The van der Waals surface area contributed by atoms with Crippen molar-refractivity contribution in [2.45, 2.75) is 105 Å². The van der Waals surface area contributed by atoms with Crippen molar-refractivity contribution < 1.29 is 38.9 Å². The van der Waals surface area contributed by atoms with Gasteiger partial charge in [0.1, 0.15) is 11.5 Å². The molecule has 0 heterocycles. The number of rotatable bonds is 15. The molecule has 0 fully saturated rings. The molecule has 2 N–H and O–H groups in total. The van der Waals surface area contributed by atoms with E-state index in [1.54, 1.807) is 0 Å². The zero-order valence-electron chi connectivity index (χ0n) is 26.1. The predicted octanol–water partition coefficient (Wildman–Crippen LogP) is 5.74. The van der Waals surface area contributed by atoms with E-state index in [4.69, 9.17) is 9.47 Å². The Hall–Kier alpha value is -3.30. The molecule has 10 heteroatoms. The number of ketones is 2. The van der Waals surface area contributed by atoms with Gasteiger partial charge >= 0.3 is 11.9 Å². The van der Waals surface area contributed by atoms with Gasteiger partial charge in [-0.3, -0.25) is 29.2 Å². The largest absolute Gasteiger partial charge is 0.511 e. The zero-order valence-corrected chi connectivity index (χ0v) is 26.1. The topological polar surface area (TPSA) is 152 Å². The van der Waals surface area contributed by atoms with Crippen molar-refractivity contribution in [1.82, 2.24) is 0 Å². The molecule has 0 aromatic carbocycles. The first-order chi connectivity index (χ1) is 19.7. The molecule has 0 aromatic heterocycles. The van der Waals surface area contributed by atoms with E-state index < -0.39 is 11.9 Å². The zero-order chi connectivity index (χ0) is 31.5. The van der Waals surface area contributed by atoms with Crippen LogP contribution in [0.1, 0.15) is 105 Å². The molecule has 234 valence electrons. The lowest BCUT2D eigenvalue weighted by atomic mass is 9.75. The van der Waals surface area contributed by atoms with E-state index in [2.05, 4.69) is 9.98 Å². The minimum absolute atomic E-state index is 0.0295. The summed E-state index contributed by atoms with van der Waals surface area (Å²) in [6.07, 6.45) is 5.14. The predicted molar refractivity (Wildman–Crippen MR) is 161 cm³/mol. The molecule has 10 nitrogen and oxygen atoms in total. The molecule has 0 radical (unpaired) electrons. The van der Waals surface area contributed by atoms with E-state index in [0.717, 1.165) is 25.7 Å². The molecule has 0 saturated carbocycles. The molecule has 0 atom stereocenters. The number of carbonyl (C=O) groups is 4. The fourth-order valence-corrected chi connectivity index (χ4v) is 5.45. The van der Waals surface area contributed by atoms with Crippen LogP contribution in [0.25, 0.3) is 0 Å². The third kappa shape index (κ3) is 10.8. The number of unbranched alkanes of at least 4 members (excludes halogenated alkanes) is 3. The summed E-state index contributed by atoms with van der Waals surface area (Å²) in [6, 6.07) is 0. The highest BCUT2D eigenvalue weighted by molar-refractivity contribution is 6.24. The van der Waals surface area contributed by atoms with Gasteiger partial charge in [0, 0.05) is 63.0 Å². The average molecular weight is 589 g/mol. The van der Waals surface area contributed by atoms with Crippen molar-refractivity contribution in [3.8, 4) is 0 Å². The standard InChI is InChI=1S/C32H48N2O8/c1-31(2)17-23(35)29(24(36)18-31)21(11-13-27(39)41-5)33-15-9-7-8-10-16-34-22(12-14-28(40)42-6)30-25(37)19-32(3,4)20-26(30)38/h35,37H,7-20H2,1-6H3. The van der Waals surface area contributed by atoms with Crippen molar-refractivity contribution in [2.75, 3.05) is 27.3 Å². The maximum atomic E-state index is 12.8. The molecule has 0 aromatic rings. The average Bonchev–Trinajstić information content (AvgIpc) is 2.88. The third-order valence-electron chi connectivity index (χ3n) is 7.54. The Balaban J connectivity index is 2.00. The van der Waals surface area contributed by atoms with Gasteiger partial charge in [-0.1, -0.05) is 40.5 Å². The number of esters is 2. The van der Waals surface area contributed by atoms with Crippen LogP contribution in [-0.2, 0) is 28.7 Å². The number of aliphatic imine (C=N–C) groups is 2. The second kappa shape index (κ2) is 15.8. The number of methoxy groups -OCH3 is 2. The summed E-state index contributed by atoms with van der Waals surface area (Å²) in [5.74, 6) is -1.06. The minimum Gasteiger partial charge on any atom is -0.511 e. The van der Waals surface area contributed by atoms with Crippen molar-refractivity contribution in [1.29, 1.82) is 0 Å². The van der Waals surface area contributed by atoms with Gasteiger partial charge in [-0.2, -0.15) is 0 Å². The number of aliphatic hydroxyl groups excluding tert-OH is 2. The van der Waals surface area contributed by atoms with Crippen molar-refractivity contribution >= 4 is 34.9 Å². The molecule has 0 amide bonds. The number of carbonyl (C=O) groups excluding carboxylic acids is 4. The quantitative estimate of drug-likeness (QED) is 0.140. The smallest absolute Gasteiger partial charge is 0.305 e. The lowest BCUT2D eigenvalue weighted by molar-refractivity contribution is -0.141. The fourth-order valence-electron chi connectivity index (χ4n) is 5.45. The van der Waals surface area contributed by atoms with Crippen molar-refractivity contribution in [3.05, 3.63) is 22.7 Å². The van der Waals surface area contributed by atoms with Gasteiger partial charge < -0.3 is 19.7 Å². The van der Waals surface area contributed by atoms with Crippen LogP contribution >= 0.6 is 0 Å². The first-order valence-corrected chi connectivity index (χ1v) is 14.8. The van der Waals surface area contributed by atoms with E-state index >= 15 is 0 Å². The molecule has 2 aliphatic rings. The number of nitrogens with zero attached hydrogens (tertiary/aromatic N) is 2. The highest BCUT2D eigenvalue weighted by Crippen LogP contribution is 2.37. The molecule has 42 heavy (non-hydrogen) atoms. The van der Waals surface area contributed by atoms with Crippen LogP contribution in [0.2, 0.25) is 0 Å². The van der Waals surface area contributed by atoms with Gasteiger partial charge in [-0.15, -0.1) is 0 Å². The van der Waals surface area contributed by atoms with Crippen LogP contribution in [-0.4, -0.2) is 72.5 Å². The molecule has 0 bridgehead atoms. The summed E-state index contributed by atoms with van der Waals surface area (Å²) in [7, 11) is 2.62. The second-order valence-corrected chi connectivity index (χ2v) is 12.7. The molecule has 0 aliphatic heterocycles.